The molecule has 0 saturated carbocycles. The number of carboxylic acid groups (broad SMARTS) is 2. The first-order valence-corrected chi connectivity index (χ1v) is 19.8. The zero-order valence-electron chi connectivity index (χ0n) is 34.9. The number of carbonyl (C=O) groups is 2. The summed E-state index contributed by atoms with van der Waals surface area (Å²) in [5, 5.41) is 20.9. The van der Waals surface area contributed by atoms with Crippen LogP contribution in [0.4, 0.5) is 0 Å². The molecule has 0 aliphatic carbocycles. The summed E-state index contributed by atoms with van der Waals surface area (Å²) in [6.07, 6.45) is 0. The van der Waals surface area contributed by atoms with Gasteiger partial charge in [0.1, 0.15) is 29.8 Å². The Morgan fingerprint density at radius 3 is 0.909 bits per heavy atom. The van der Waals surface area contributed by atoms with Crippen molar-refractivity contribution < 1.29 is 46.2 Å². The minimum absolute atomic E-state index is 0.518. The Balaban J connectivity index is 0.000000368. The summed E-state index contributed by atoms with van der Waals surface area (Å²) in [6.45, 7) is 16.9. The molecule has 0 fully saturated rings. The van der Waals surface area contributed by atoms with Crippen LogP contribution >= 0.6 is 0 Å². The molecule has 4 rings (SSSR count). The highest BCUT2D eigenvalue weighted by Crippen LogP contribution is 2.16. The summed E-state index contributed by atoms with van der Waals surface area (Å²) in [4.78, 5) is 19.9. The number of carbonyl (C=O) groups excluding carboxylic acids is 2. The number of hydrogen-bond donors (Lipinski definition) is 0. The van der Waals surface area contributed by atoms with Gasteiger partial charge in [0.2, 0.25) is 0 Å². The van der Waals surface area contributed by atoms with Gasteiger partial charge < -0.3 is 37.8 Å². The first-order valence-electron chi connectivity index (χ1n) is 18.4. The number of carboxylic acids is 2. The van der Waals surface area contributed by atoms with E-state index in [9.17, 15) is 32.8 Å². The van der Waals surface area contributed by atoms with Crippen LogP contribution in [0.5, 0.6) is 0 Å². The van der Waals surface area contributed by atoms with Crippen LogP contribution < -0.4 is 10.2 Å². The molecule has 10 nitrogen and oxygen atoms in total. The van der Waals surface area contributed by atoms with E-state index in [1.165, 1.54) is 16.7 Å². The van der Waals surface area contributed by atoms with Crippen molar-refractivity contribution in [1.29, 1.82) is 0 Å². The summed E-state index contributed by atoms with van der Waals surface area (Å²) in [5.41, 5.74) is 2.80. The van der Waals surface area contributed by atoms with Gasteiger partial charge in [0.15, 0.2) is 0 Å². The van der Waals surface area contributed by atoms with Gasteiger partial charge in [-0.05, 0) is 70.9 Å². The van der Waals surface area contributed by atoms with Crippen LogP contribution in [0, 0.1) is 0 Å². The zero-order valence-corrected chi connectivity index (χ0v) is 35.7. The Morgan fingerprint density at radius 1 is 0.491 bits per heavy atom. The van der Waals surface area contributed by atoms with Crippen molar-refractivity contribution in [3.05, 3.63) is 137 Å². The van der Waals surface area contributed by atoms with Crippen LogP contribution in [0.3, 0.4) is 0 Å². The second kappa shape index (κ2) is 21.6. The Morgan fingerprint density at radius 2 is 0.727 bits per heavy atom. The van der Waals surface area contributed by atoms with Crippen LogP contribution in [-0.4, -0.2) is 98.8 Å². The fourth-order valence-corrected chi connectivity index (χ4v) is 5.23. The summed E-state index contributed by atoms with van der Waals surface area (Å²) in [5.74, 6) is -3.60. The predicted octanol–water partition coefficient (Wildman–Crippen LogP) is 5.33. The van der Waals surface area contributed by atoms with Crippen molar-refractivity contribution in [3.8, 4) is 0 Å². The lowest BCUT2D eigenvalue weighted by molar-refractivity contribution is -0.924. The summed E-state index contributed by atoms with van der Waals surface area (Å²) in [6, 6.07) is 35.7. The lowest BCUT2D eigenvalue weighted by atomic mass is 10.1. The fourth-order valence-electron chi connectivity index (χ4n) is 4.69. The van der Waals surface area contributed by atoms with E-state index in [0.717, 1.165) is 33.1 Å². The number of nitrogens with zero attached hydrogens (tertiary/aromatic N) is 3. The van der Waals surface area contributed by atoms with Gasteiger partial charge in [0, 0.05) is 16.7 Å². The highest BCUT2D eigenvalue weighted by atomic mass is 32.2. The van der Waals surface area contributed by atoms with Crippen molar-refractivity contribution in [2.45, 2.75) is 84.2 Å². The van der Waals surface area contributed by atoms with Crippen LogP contribution in [0.25, 0.3) is 0 Å². The molecule has 0 radical (unpaired) electrons. The molecule has 302 valence electrons. The molecule has 0 aliphatic rings. The highest BCUT2D eigenvalue weighted by Gasteiger charge is 2.21. The van der Waals surface area contributed by atoms with E-state index >= 15 is 0 Å². The smallest absolute Gasteiger partial charge is 0.124 e. The third-order valence-corrected chi connectivity index (χ3v) is 11.0. The van der Waals surface area contributed by atoms with Gasteiger partial charge in [-0.1, -0.05) is 91.0 Å². The molecular formula is C44H63N3O7S. The average Bonchev–Trinajstić information content (AvgIpc) is 3.09. The molecule has 0 unspecified atom stereocenters. The monoisotopic (exact) mass is 777 g/mol. The van der Waals surface area contributed by atoms with Gasteiger partial charge in [0.25, 0.3) is 0 Å². The zero-order chi connectivity index (χ0) is 42.2. The van der Waals surface area contributed by atoms with Gasteiger partial charge >= 0.3 is 0 Å². The Labute approximate surface area is 330 Å². The molecule has 0 atom stereocenters. The van der Waals surface area contributed by atoms with E-state index in [0.29, 0.717) is 36.3 Å². The molecule has 0 aromatic heterocycles. The molecule has 0 aliphatic heterocycles. The van der Waals surface area contributed by atoms with Crippen molar-refractivity contribution in [2.24, 2.45) is 0 Å². The lowest BCUT2D eigenvalue weighted by Gasteiger charge is -2.34. The SMILES string of the molecule is CC(C)[N+](C)(C)Cc1ccccc1.CC(C)[N+](C)(C)Cc1ccccc1.CC(C)[N+](C)(C)Cc1ccccc1.O=C([O-])c1cc(C(=O)[O-])cc(S(=O)(=O)[O-])c1. The molecule has 0 spiro atoms. The first kappa shape index (κ1) is 48.6. The van der Waals surface area contributed by atoms with Crippen LogP contribution in [0.15, 0.2) is 114 Å². The quantitative estimate of drug-likeness (QED) is 0.140. The maximum absolute atomic E-state index is 10.6. The van der Waals surface area contributed by atoms with Crippen LogP contribution in [-0.2, 0) is 29.8 Å². The molecule has 4 aromatic rings. The number of quaternary nitrogens is 3. The number of rotatable bonds is 12. The van der Waals surface area contributed by atoms with E-state index in [1.54, 1.807) is 0 Å². The van der Waals surface area contributed by atoms with Crippen LogP contribution in [0.1, 0.15) is 78.9 Å². The average molecular weight is 778 g/mol. The molecule has 0 N–H and O–H groups in total. The minimum atomic E-state index is -4.95. The van der Waals surface area contributed by atoms with Crippen molar-refractivity contribution in [2.75, 3.05) is 42.3 Å². The van der Waals surface area contributed by atoms with E-state index in [4.69, 9.17) is 0 Å². The third-order valence-electron chi connectivity index (χ3n) is 10.2. The van der Waals surface area contributed by atoms with Crippen molar-refractivity contribution in [1.82, 2.24) is 0 Å². The molecule has 0 bridgehead atoms. The Hall–Kier alpha value is -4.39. The van der Waals surface area contributed by atoms with E-state index < -0.39 is 38.1 Å². The number of benzene rings is 4. The van der Waals surface area contributed by atoms with Crippen molar-refractivity contribution >= 4 is 22.1 Å². The van der Waals surface area contributed by atoms with Gasteiger partial charge in [-0.2, -0.15) is 0 Å². The molecule has 55 heavy (non-hydrogen) atoms. The molecule has 0 heterocycles. The van der Waals surface area contributed by atoms with E-state index in [1.807, 2.05) is 0 Å². The summed E-state index contributed by atoms with van der Waals surface area (Å²) < 4.78 is 34.9. The number of aromatic carboxylic acids is 2. The minimum Gasteiger partial charge on any atom is -0.744 e. The molecule has 4 aromatic carbocycles. The second-order valence-corrected chi connectivity index (χ2v) is 17.7. The van der Waals surface area contributed by atoms with E-state index in [-0.39, 0.29) is 0 Å². The number of hydrogen-bond acceptors (Lipinski definition) is 7. The largest absolute Gasteiger partial charge is 0.744 e. The molecular weight excluding hydrogens is 715 g/mol. The molecule has 11 heteroatoms. The maximum atomic E-state index is 10.6. The molecule has 0 amide bonds. The van der Waals surface area contributed by atoms with Gasteiger partial charge in [-0.25, -0.2) is 8.42 Å². The standard InChI is InChI=1S/3C12H20N.C8H6O7S/c3*1-11(2)13(3,4)10-12-8-6-5-7-9-12;9-7(10)4-1-5(8(11)12)3-6(2-4)16(13,14)15/h3*5-9,11H,10H2,1-4H3;1-3H,(H,9,10)(H,11,12)(H,13,14,15)/q3*+1;/p-3. The fraction of sp³-hybridized carbons (Fsp3) is 0.409. The third kappa shape index (κ3) is 18.2. The topological polar surface area (TPSA) is 137 Å². The van der Waals surface area contributed by atoms with Gasteiger partial charge in [-0.15, -0.1) is 0 Å². The normalized spacial score (nSPS) is 11.8. The lowest BCUT2D eigenvalue weighted by Crippen LogP contribution is -2.44. The highest BCUT2D eigenvalue weighted by molar-refractivity contribution is 7.85. The molecule has 0 saturated heterocycles. The van der Waals surface area contributed by atoms with E-state index in [2.05, 4.69) is 175 Å². The Kier molecular flexibility index (Phi) is 19.1. The Bertz CT molecular complexity index is 1690. The maximum Gasteiger partial charge on any atom is 0.124 e. The predicted molar refractivity (Wildman–Crippen MR) is 215 cm³/mol. The second-order valence-electron chi connectivity index (χ2n) is 16.3. The van der Waals surface area contributed by atoms with Crippen LogP contribution in [0.2, 0.25) is 0 Å². The van der Waals surface area contributed by atoms with Gasteiger partial charge in [0.05, 0.1) is 77.2 Å². The summed E-state index contributed by atoms with van der Waals surface area (Å²) >= 11 is 0. The van der Waals surface area contributed by atoms with Crippen molar-refractivity contribution in [3.63, 3.8) is 0 Å². The summed E-state index contributed by atoms with van der Waals surface area (Å²) in [7, 11) is 8.71. The first-order chi connectivity index (χ1) is 25.3. The van der Waals surface area contributed by atoms with Gasteiger partial charge in [-0.3, -0.25) is 0 Å².